The van der Waals surface area contributed by atoms with Crippen LogP contribution >= 0.6 is 12.4 Å². The topological polar surface area (TPSA) is 66.4 Å². The van der Waals surface area contributed by atoms with Crippen LogP contribution in [0.5, 0.6) is 0 Å². The molecular formula is CH6ClNO3S. The van der Waals surface area contributed by atoms with Crippen molar-refractivity contribution in [3.8, 4) is 0 Å². The summed E-state index contributed by atoms with van der Waals surface area (Å²) < 4.78 is 19.3. The van der Waals surface area contributed by atoms with E-state index in [0.717, 1.165) is 11.1 Å². The zero-order valence-corrected chi connectivity index (χ0v) is 5.21. The van der Waals surface area contributed by atoms with Crippen molar-refractivity contribution >= 4 is 22.4 Å². The van der Waals surface area contributed by atoms with Gasteiger partial charge in [-0.1, -0.05) is 4.89 Å². The van der Waals surface area contributed by atoms with Crippen LogP contribution in [0.3, 0.4) is 0 Å². The van der Waals surface area contributed by atoms with E-state index in [2.05, 4.69) is 0 Å². The lowest BCUT2D eigenvalue weighted by atomic mass is 12.0. The molecule has 0 spiro atoms. The number of hydrogen-bond donors (Lipinski definition) is 2. The molecule has 0 aliphatic heterocycles. The van der Waals surface area contributed by atoms with Crippen LogP contribution in [0, 0.1) is 0 Å². The monoisotopic (exact) mass is 147 g/mol. The summed E-state index contributed by atoms with van der Waals surface area (Å²) >= 11 is 0. The zero-order valence-electron chi connectivity index (χ0n) is 3.58. The summed E-state index contributed by atoms with van der Waals surface area (Å²) in [6.07, 6.45) is 0.854. The van der Waals surface area contributed by atoms with Gasteiger partial charge in [-0.15, -0.1) is 12.4 Å². The summed E-state index contributed by atoms with van der Waals surface area (Å²) in [5, 5.41) is 7.56. The molecule has 0 aliphatic rings. The minimum atomic E-state index is -3.36. The molecule has 4 nitrogen and oxygen atoms in total. The van der Waals surface area contributed by atoms with E-state index in [1.807, 2.05) is 0 Å². The van der Waals surface area contributed by atoms with Gasteiger partial charge in [-0.25, -0.2) is 8.42 Å². The smallest absolute Gasteiger partial charge is 0.230 e. The predicted octanol–water partition coefficient (Wildman–Crippen LogP) is -0.653. The quantitative estimate of drug-likeness (QED) is 0.485. The lowest BCUT2D eigenvalue weighted by Crippen LogP contribution is -2.16. The third kappa shape index (κ3) is 10.7. The Kier molecular flexibility index (Phi) is 4.66. The van der Waals surface area contributed by atoms with Gasteiger partial charge in [0.1, 0.15) is 0 Å². The summed E-state index contributed by atoms with van der Waals surface area (Å²) in [5.41, 5.74) is 0. The molecular weight excluding hydrogens is 142 g/mol. The van der Waals surface area contributed by atoms with Gasteiger partial charge < -0.3 is 5.21 Å². The molecule has 0 atom stereocenters. The molecule has 7 heavy (non-hydrogen) atoms. The highest BCUT2D eigenvalue weighted by Gasteiger charge is 1.90. The zero-order chi connectivity index (χ0) is 5.21. The van der Waals surface area contributed by atoms with E-state index in [9.17, 15) is 8.42 Å². The highest BCUT2D eigenvalue weighted by molar-refractivity contribution is 7.88. The van der Waals surface area contributed by atoms with Crippen LogP contribution in [0.4, 0.5) is 0 Å². The van der Waals surface area contributed by atoms with Crippen molar-refractivity contribution in [2.24, 2.45) is 0 Å². The van der Waals surface area contributed by atoms with E-state index in [0.29, 0.717) is 0 Å². The molecule has 2 N–H and O–H groups in total. The number of sulfonamides is 1. The van der Waals surface area contributed by atoms with Crippen molar-refractivity contribution in [3.05, 3.63) is 0 Å². The third-order valence-corrected chi connectivity index (χ3v) is 0.497. The fraction of sp³-hybridized carbons (Fsp3) is 1.00. The van der Waals surface area contributed by atoms with Gasteiger partial charge in [0.2, 0.25) is 10.0 Å². The van der Waals surface area contributed by atoms with Crippen molar-refractivity contribution in [3.63, 3.8) is 0 Å². The van der Waals surface area contributed by atoms with E-state index in [-0.39, 0.29) is 12.4 Å². The van der Waals surface area contributed by atoms with E-state index >= 15 is 0 Å². The maximum atomic E-state index is 9.64. The van der Waals surface area contributed by atoms with Gasteiger partial charge in [-0.3, -0.25) is 0 Å². The molecule has 0 bridgehead atoms. The molecule has 0 heterocycles. The number of halogens is 1. The molecule has 0 fully saturated rings. The van der Waals surface area contributed by atoms with Gasteiger partial charge in [-0.2, -0.15) is 0 Å². The molecule has 0 aromatic heterocycles. The molecule has 0 saturated carbocycles. The Hall–Kier alpha value is 0.160. The van der Waals surface area contributed by atoms with Gasteiger partial charge in [0.15, 0.2) is 0 Å². The summed E-state index contributed by atoms with van der Waals surface area (Å²) in [4.78, 5) is 1.08. The molecule has 0 amide bonds. The SMILES string of the molecule is CS(=O)(=O)NO.Cl. The maximum Gasteiger partial charge on any atom is 0.230 e. The van der Waals surface area contributed by atoms with Crippen LogP contribution in [-0.2, 0) is 10.0 Å². The second-order valence-electron chi connectivity index (χ2n) is 0.863. The van der Waals surface area contributed by atoms with Crippen LogP contribution in [0.15, 0.2) is 0 Å². The van der Waals surface area contributed by atoms with Gasteiger partial charge in [0.25, 0.3) is 0 Å². The first kappa shape index (κ1) is 10.2. The van der Waals surface area contributed by atoms with Gasteiger partial charge in [0.05, 0.1) is 6.26 Å². The Balaban J connectivity index is 0. The van der Waals surface area contributed by atoms with Gasteiger partial charge in [0, 0.05) is 0 Å². The fourth-order valence-corrected chi connectivity index (χ4v) is 0. The molecule has 0 saturated heterocycles. The van der Waals surface area contributed by atoms with Crippen molar-refractivity contribution in [1.29, 1.82) is 0 Å². The molecule has 0 unspecified atom stereocenters. The normalized spacial score (nSPS) is 10.0. The maximum absolute atomic E-state index is 9.64. The fourth-order valence-electron chi connectivity index (χ4n) is 0. The Morgan fingerprint density at radius 1 is 1.57 bits per heavy atom. The minimum absolute atomic E-state index is 0. The second kappa shape index (κ2) is 3.20. The number of hydrogen-bond acceptors (Lipinski definition) is 3. The lowest BCUT2D eigenvalue weighted by Gasteiger charge is -1.83. The molecule has 0 radical (unpaired) electrons. The van der Waals surface area contributed by atoms with Crippen molar-refractivity contribution in [1.82, 2.24) is 4.89 Å². The number of rotatable bonds is 1. The Morgan fingerprint density at radius 2 is 1.71 bits per heavy atom. The van der Waals surface area contributed by atoms with Gasteiger partial charge >= 0.3 is 0 Å². The average molecular weight is 148 g/mol. The van der Waals surface area contributed by atoms with Crippen LogP contribution in [0.25, 0.3) is 0 Å². The summed E-state index contributed by atoms with van der Waals surface area (Å²) in [5.74, 6) is 0. The average Bonchev–Trinajstić information content (AvgIpc) is 1.35. The van der Waals surface area contributed by atoms with Crippen LogP contribution in [0.1, 0.15) is 0 Å². The van der Waals surface area contributed by atoms with Crippen LogP contribution in [-0.4, -0.2) is 19.9 Å². The molecule has 6 heteroatoms. The predicted molar refractivity (Wildman–Crippen MR) is 27.0 cm³/mol. The molecule has 0 aliphatic carbocycles. The molecule has 46 valence electrons. The first-order valence-electron chi connectivity index (χ1n) is 1.17. The Bertz CT molecular complexity index is 117. The standard InChI is InChI=1S/CH5NO3S.ClH/c1-6(4,5)2-3;/h2-3H,1H3;1H. The molecule has 0 rings (SSSR count). The first-order chi connectivity index (χ1) is 2.56. The Morgan fingerprint density at radius 3 is 1.71 bits per heavy atom. The first-order valence-corrected chi connectivity index (χ1v) is 3.06. The lowest BCUT2D eigenvalue weighted by molar-refractivity contribution is 0.244. The van der Waals surface area contributed by atoms with E-state index < -0.39 is 10.0 Å². The van der Waals surface area contributed by atoms with E-state index in [4.69, 9.17) is 5.21 Å². The van der Waals surface area contributed by atoms with E-state index in [1.165, 1.54) is 0 Å². The highest BCUT2D eigenvalue weighted by atomic mass is 35.5. The highest BCUT2D eigenvalue weighted by Crippen LogP contribution is 1.62. The van der Waals surface area contributed by atoms with Crippen molar-refractivity contribution < 1.29 is 13.6 Å². The van der Waals surface area contributed by atoms with Crippen molar-refractivity contribution in [2.45, 2.75) is 0 Å². The number of nitrogens with one attached hydrogen (secondary N) is 1. The molecule has 0 aromatic carbocycles. The summed E-state index contributed by atoms with van der Waals surface area (Å²) in [6.45, 7) is 0. The molecule has 0 aromatic rings. The summed E-state index contributed by atoms with van der Waals surface area (Å²) in [6, 6.07) is 0. The van der Waals surface area contributed by atoms with Crippen LogP contribution in [0.2, 0.25) is 0 Å². The second-order valence-corrected chi connectivity index (χ2v) is 2.59. The largest absolute Gasteiger partial charge is 0.302 e. The third-order valence-electron chi connectivity index (χ3n) is 0.166. The van der Waals surface area contributed by atoms with Crippen molar-refractivity contribution in [2.75, 3.05) is 6.26 Å². The van der Waals surface area contributed by atoms with E-state index in [1.54, 1.807) is 0 Å². The van der Waals surface area contributed by atoms with Gasteiger partial charge in [-0.05, 0) is 0 Å². The minimum Gasteiger partial charge on any atom is -0.302 e. The summed E-state index contributed by atoms with van der Waals surface area (Å²) in [7, 11) is -3.36. The van der Waals surface area contributed by atoms with Crippen LogP contribution < -0.4 is 4.89 Å². The Labute approximate surface area is 48.0 Å².